The van der Waals surface area contributed by atoms with Crippen molar-refractivity contribution < 1.29 is 18.7 Å². The van der Waals surface area contributed by atoms with Crippen LogP contribution in [0.3, 0.4) is 0 Å². The van der Waals surface area contributed by atoms with Crippen LogP contribution in [0.1, 0.15) is 52.5 Å². The summed E-state index contributed by atoms with van der Waals surface area (Å²) in [7, 11) is 0. The Labute approximate surface area is 195 Å². The number of ether oxygens (including phenoxy) is 2. The van der Waals surface area contributed by atoms with Gasteiger partial charge in [-0.3, -0.25) is 4.79 Å². The number of para-hydroxylation sites is 2. The van der Waals surface area contributed by atoms with E-state index in [1.54, 1.807) is 12.1 Å². The third-order valence-electron chi connectivity index (χ3n) is 5.91. The summed E-state index contributed by atoms with van der Waals surface area (Å²) in [6, 6.07) is 20.3. The topological polar surface area (TPSA) is 47.6 Å². The molecule has 2 aliphatic rings. The molecule has 0 saturated heterocycles. The highest BCUT2D eigenvalue weighted by Crippen LogP contribution is 2.45. The number of carbonyl (C=O) groups is 1. The summed E-state index contributed by atoms with van der Waals surface area (Å²) in [5.74, 6) is 1.82. The molecule has 5 heteroatoms. The fourth-order valence-corrected chi connectivity index (χ4v) is 3.43. The second-order valence-corrected chi connectivity index (χ2v) is 8.84. The maximum Gasteiger partial charge on any atom is 0.231 e. The van der Waals surface area contributed by atoms with Crippen molar-refractivity contribution in [3.8, 4) is 22.6 Å². The molecule has 0 bridgehead atoms. The minimum Gasteiger partial charge on any atom is -0.454 e. The van der Waals surface area contributed by atoms with Crippen molar-refractivity contribution in [2.24, 2.45) is 5.41 Å². The maximum atomic E-state index is 14.3. The molecule has 1 amide bonds. The molecule has 1 fully saturated rings. The van der Waals surface area contributed by atoms with Crippen LogP contribution in [0.5, 0.6) is 11.5 Å². The van der Waals surface area contributed by atoms with Crippen LogP contribution in [-0.4, -0.2) is 12.7 Å². The monoisotopic (exact) mass is 449 g/mol. The first-order chi connectivity index (χ1) is 15.4. The largest absolute Gasteiger partial charge is 0.454 e. The van der Waals surface area contributed by atoms with Crippen LogP contribution in [0.2, 0.25) is 0 Å². The average Bonchev–Trinajstić information content (AvgIpc) is 3.37. The molecule has 1 saturated carbocycles. The van der Waals surface area contributed by atoms with Gasteiger partial charge in [0.15, 0.2) is 11.5 Å². The lowest BCUT2D eigenvalue weighted by atomic mass is 9.97. The van der Waals surface area contributed by atoms with Crippen LogP contribution in [0.25, 0.3) is 11.1 Å². The molecule has 174 valence electrons. The minimum absolute atomic E-state index is 0. The SMILES string of the molecule is C.CC(C)c1cccc(-c2cc(NC(=O)C3(C)CC3)ccc2F)c1.c1ccc2c(c1)OCO2. The standard InChI is InChI=1S/C20H22FNO.C7H6O2.CH4/c1-13(2)14-5-4-6-15(11-14)17-12-16(7-8-18(17)21)22-19(23)20(3)9-10-20;1-2-4-7-6(3-1)8-5-9-7;/h4-8,11-13H,9-10H2,1-3H3,(H,22,23);1-4H,5H2;1H4. The highest BCUT2D eigenvalue weighted by molar-refractivity contribution is 5.97. The van der Waals surface area contributed by atoms with Crippen molar-refractivity contribution in [1.82, 2.24) is 0 Å². The van der Waals surface area contributed by atoms with E-state index in [-0.39, 0.29) is 24.6 Å². The third kappa shape index (κ3) is 5.72. The summed E-state index contributed by atoms with van der Waals surface area (Å²) in [4.78, 5) is 12.2. The molecule has 0 atom stereocenters. The molecular formula is C28H32FNO3. The average molecular weight is 450 g/mol. The molecule has 1 aliphatic carbocycles. The van der Waals surface area contributed by atoms with Gasteiger partial charge in [0.05, 0.1) is 0 Å². The molecule has 0 unspecified atom stereocenters. The van der Waals surface area contributed by atoms with Crippen molar-refractivity contribution >= 4 is 11.6 Å². The van der Waals surface area contributed by atoms with Gasteiger partial charge in [-0.2, -0.15) is 0 Å². The Morgan fingerprint density at radius 1 is 0.970 bits per heavy atom. The van der Waals surface area contributed by atoms with E-state index in [1.807, 2.05) is 55.5 Å². The van der Waals surface area contributed by atoms with Gasteiger partial charge >= 0.3 is 0 Å². The van der Waals surface area contributed by atoms with E-state index >= 15 is 0 Å². The molecule has 0 spiro atoms. The lowest BCUT2D eigenvalue weighted by Gasteiger charge is -2.13. The molecule has 5 rings (SSSR count). The number of halogens is 1. The smallest absolute Gasteiger partial charge is 0.231 e. The van der Waals surface area contributed by atoms with E-state index in [4.69, 9.17) is 9.47 Å². The Morgan fingerprint density at radius 3 is 2.24 bits per heavy atom. The number of benzene rings is 3. The Balaban J connectivity index is 0.000000255. The first-order valence-electron chi connectivity index (χ1n) is 10.9. The van der Waals surface area contributed by atoms with Gasteiger partial charge in [-0.1, -0.05) is 64.6 Å². The van der Waals surface area contributed by atoms with E-state index < -0.39 is 0 Å². The zero-order valence-corrected chi connectivity index (χ0v) is 18.7. The highest BCUT2D eigenvalue weighted by Gasteiger charge is 2.44. The first-order valence-corrected chi connectivity index (χ1v) is 10.9. The predicted octanol–water partition coefficient (Wildman–Crippen LogP) is 7.41. The summed E-state index contributed by atoms with van der Waals surface area (Å²) in [5, 5.41) is 2.91. The Bertz CT molecular complexity index is 1100. The Hall–Kier alpha value is -3.34. The van der Waals surface area contributed by atoms with E-state index in [0.29, 0.717) is 24.0 Å². The van der Waals surface area contributed by atoms with Crippen LogP contribution < -0.4 is 14.8 Å². The number of hydrogen-bond donors (Lipinski definition) is 1. The first kappa shape index (κ1) is 24.3. The van der Waals surface area contributed by atoms with Crippen molar-refractivity contribution in [2.75, 3.05) is 12.1 Å². The zero-order valence-electron chi connectivity index (χ0n) is 18.7. The summed E-state index contributed by atoms with van der Waals surface area (Å²) in [5.41, 5.74) is 2.93. The molecule has 0 radical (unpaired) electrons. The van der Waals surface area contributed by atoms with Gasteiger partial charge in [-0.25, -0.2) is 4.39 Å². The second kappa shape index (κ2) is 10.1. The lowest BCUT2D eigenvalue weighted by Crippen LogP contribution is -2.21. The van der Waals surface area contributed by atoms with Gasteiger partial charge in [-0.15, -0.1) is 0 Å². The normalized spacial score (nSPS) is 14.6. The van der Waals surface area contributed by atoms with Crippen molar-refractivity contribution in [3.63, 3.8) is 0 Å². The molecule has 1 N–H and O–H groups in total. The van der Waals surface area contributed by atoms with Crippen LogP contribution in [0, 0.1) is 11.2 Å². The van der Waals surface area contributed by atoms with Crippen LogP contribution in [0.15, 0.2) is 66.7 Å². The fourth-order valence-electron chi connectivity index (χ4n) is 3.43. The van der Waals surface area contributed by atoms with Gasteiger partial charge in [0, 0.05) is 16.7 Å². The van der Waals surface area contributed by atoms with Crippen LogP contribution >= 0.6 is 0 Å². The molecule has 0 aromatic heterocycles. The predicted molar refractivity (Wildman–Crippen MR) is 131 cm³/mol. The van der Waals surface area contributed by atoms with E-state index in [9.17, 15) is 9.18 Å². The Kier molecular flexibility index (Phi) is 7.42. The molecule has 4 nitrogen and oxygen atoms in total. The molecule has 1 heterocycles. The molecule has 3 aromatic rings. The molecule has 3 aromatic carbocycles. The quantitative estimate of drug-likeness (QED) is 0.451. The number of carbonyl (C=O) groups excluding carboxylic acids is 1. The van der Waals surface area contributed by atoms with Gasteiger partial charge in [0.2, 0.25) is 12.7 Å². The van der Waals surface area contributed by atoms with Gasteiger partial charge in [0.25, 0.3) is 0 Å². The number of nitrogens with one attached hydrogen (secondary N) is 1. The third-order valence-corrected chi connectivity index (χ3v) is 5.91. The summed E-state index contributed by atoms with van der Waals surface area (Å²) in [6.45, 7) is 6.54. The molecule has 1 aliphatic heterocycles. The summed E-state index contributed by atoms with van der Waals surface area (Å²) < 4.78 is 24.4. The number of fused-ring (bicyclic) bond motifs is 1. The fraction of sp³-hybridized carbons (Fsp3) is 0.321. The molecular weight excluding hydrogens is 417 g/mol. The lowest BCUT2D eigenvalue weighted by molar-refractivity contribution is -0.120. The van der Waals surface area contributed by atoms with Crippen LogP contribution in [0.4, 0.5) is 10.1 Å². The highest BCUT2D eigenvalue weighted by atomic mass is 19.1. The van der Waals surface area contributed by atoms with Gasteiger partial charge in [-0.05, 0) is 60.2 Å². The minimum atomic E-state index is -0.276. The van der Waals surface area contributed by atoms with Crippen molar-refractivity contribution in [1.29, 1.82) is 0 Å². The summed E-state index contributed by atoms with van der Waals surface area (Å²) in [6.07, 6.45) is 1.84. The number of hydrogen-bond acceptors (Lipinski definition) is 3. The number of rotatable bonds is 4. The molecule has 33 heavy (non-hydrogen) atoms. The van der Waals surface area contributed by atoms with E-state index in [1.165, 1.54) is 11.6 Å². The zero-order chi connectivity index (χ0) is 22.7. The van der Waals surface area contributed by atoms with Gasteiger partial charge < -0.3 is 14.8 Å². The van der Waals surface area contributed by atoms with Crippen molar-refractivity contribution in [2.45, 2.75) is 47.0 Å². The van der Waals surface area contributed by atoms with Crippen molar-refractivity contribution in [3.05, 3.63) is 78.1 Å². The van der Waals surface area contributed by atoms with E-state index in [2.05, 4.69) is 19.2 Å². The number of anilines is 1. The van der Waals surface area contributed by atoms with Crippen LogP contribution in [-0.2, 0) is 4.79 Å². The number of amides is 1. The second-order valence-electron chi connectivity index (χ2n) is 8.84. The van der Waals surface area contributed by atoms with E-state index in [0.717, 1.165) is 29.9 Å². The maximum absolute atomic E-state index is 14.3. The Morgan fingerprint density at radius 2 is 1.64 bits per heavy atom. The van der Waals surface area contributed by atoms with Gasteiger partial charge in [0.1, 0.15) is 5.82 Å². The summed E-state index contributed by atoms with van der Waals surface area (Å²) >= 11 is 0.